The summed E-state index contributed by atoms with van der Waals surface area (Å²) in [5.41, 5.74) is 4.83. The third kappa shape index (κ3) is 3.51. The first-order valence-electron chi connectivity index (χ1n) is 10.9. The van der Waals surface area contributed by atoms with Gasteiger partial charge in [-0.2, -0.15) is 0 Å². The summed E-state index contributed by atoms with van der Waals surface area (Å²) in [7, 11) is 0. The van der Waals surface area contributed by atoms with Crippen LogP contribution in [0.4, 0.5) is 0 Å². The van der Waals surface area contributed by atoms with Crippen LogP contribution in [0.2, 0.25) is 0 Å². The van der Waals surface area contributed by atoms with Crippen LogP contribution in [0.5, 0.6) is 11.6 Å². The number of hydrogen-bond donors (Lipinski definition) is 0. The first kappa shape index (κ1) is 18.2. The molecular weight excluding hydrogens is 589 g/mol. The van der Waals surface area contributed by atoms with E-state index in [-0.39, 0.29) is 0 Å². The van der Waals surface area contributed by atoms with Gasteiger partial charge in [-0.15, -0.1) is 0 Å². The molecule has 3 nitrogen and oxygen atoms in total. The molecule has 0 bridgehead atoms. The quantitative estimate of drug-likeness (QED) is 0.278. The van der Waals surface area contributed by atoms with Crippen LogP contribution in [0.3, 0.4) is 0 Å². The fraction of sp³-hybridized carbons (Fsp3) is 0. The van der Waals surface area contributed by atoms with E-state index < -0.39 is 21.8 Å². The number of hydrogen-bond acceptors (Lipinski definition) is 3. The van der Waals surface area contributed by atoms with Gasteiger partial charge < -0.3 is 0 Å². The van der Waals surface area contributed by atoms with E-state index in [2.05, 4.69) is 59.6 Å². The molecule has 2 aromatic heterocycles. The van der Waals surface area contributed by atoms with Crippen molar-refractivity contribution in [2.45, 2.75) is 0 Å². The van der Waals surface area contributed by atoms with Gasteiger partial charge in [-0.05, 0) is 0 Å². The molecule has 0 amide bonds. The second-order valence-electron chi connectivity index (χ2n) is 7.49. The third-order valence-electron chi connectivity index (χ3n) is 5.50. The second kappa shape index (κ2) is 8.29. The van der Waals surface area contributed by atoms with E-state index in [1.54, 1.807) is 6.20 Å². The molecule has 0 N–H and O–H groups in total. The molecule has 0 saturated heterocycles. The van der Waals surface area contributed by atoms with E-state index in [0.29, 0.717) is 11.9 Å². The van der Waals surface area contributed by atoms with E-state index in [4.69, 9.17) is 11.1 Å². The van der Waals surface area contributed by atoms with Gasteiger partial charge in [0.15, 0.2) is 0 Å². The van der Waals surface area contributed by atoms with E-state index in [1.807, 2.05) is 48.7 Å². The third-order valence-corrected chi connectivity index (χ3v) is 14.8. The second-order valence-corrected chi connectivity index (χ2v) is 15.5. The number of fused-ring (bicyclic) bond motifs is 3. The van der Waals surface area contributed by atoms with E-state index in [1.165, 1.54) is 17.7 Å². The van der Waals surface area contributed by atoms with Crippen molar-refractivity contribution in [3.63, 3.8) is 0 Å². The summed E-state index contributed by atoms with van der Waals surface area (Å²) in [6, 6.07) is 33.4. The van der Waals surface area contributed by atoms with Gasteiger partial charge in [0.25, 0.3) is 0 Å². The Hall–Kier alpha value is -3.36. The molecule has 1 aliphatic heterocycles. The minimum atomic E-state index is -2.66. The molecule has 0 spiro atoms. The molecule has 0 atom stereocenters. The van der Waals surface area contributed by atoms with Crippen molar-refractivity contribution in [3.05, 3.63) is 115 Å². The number of rotatable bonds is 4. The van der Waals surface area contributed by atoms with Gasteiger partial charge in [0.1, 0.15) is 0 Å². The fourth-order valence-corrected chi connectivity index (χ4v) is 13.7. The Morgan fingerprint density at radius 2 is 1.47 bits per heavy atom. The molecule has 0 aliphatic carbocycles. The Morgan fingerprint density at radius 1 is 0.656 bits per heavy atom. The Balaban J connectivity index is 1.44. The average molecular weight is 609 g/mol. The van der Waals surface area contributed by atoms with E-state index in [0.717, 1.165) is 20.3 Å². The van der Waals surface area contributed by atoms with Gasteiger partial charge in [0, 0.05) is 0 Å². The van der Waals surface area contributed by atoms with Gasteiger partial charge in [-0.3, -0.25) is 0 Å². The zero-order valence-electron chi connectivity index (χ0n) is 18.1. The molecule has 3 aromatic carbocycles. The predicted molar refractivity (Wildman–Crippen MR) is 131 cm³/mol. The van der Waals surface area contributed by atoms with Crippen LogP contribution in [0.15, 0.2) is 115 Å². The minimum absolute atomic E-state index is 0.550. The van der Waals surface area contributed by atoms with E-state index in [9.17, 15) is 0 Å². The average Bonchev–Trinajstić information content (AvgIpc) is 3.19. The van der Waals surface area contributed by atoms with Crippen molar-refractivity contribution in [3.8, 4) is 33.9 Å². The van der Waals surface area contributed by atoms with Crippen LogP contribution >= 0.6 is 0 Å². The Morgan fingerprint density at radius 3 is 2.38 bits per heavy atom. The molecule has 3 heterocycles. The molecule has 0 fully saturated rings. The number of nitrogens with zero attached hydrogens (tertiary/aromatic N) is 2. The maximum atomic E-state index is 8.54. The molecule has 5 aromatic rings. The van der Waals surface area contributed by atoms with Crippen molar-refractivity contribution in [1.82, 2.24) is 9.97 Å². The van der Waals surface area contributed by atoms with E-state index >= 15 is 0 Å². The van der Waals surface area contributed by atoms with Crippen LogP contribution in [0, 0.1) is 0 Å². The number of aromatic nitrogens is 2. The Labute approximate surface area is 196 Å². The monoisotopic (exact) mass is 609 g/mol. The molecule has 6 rings (SSSR count). The van der Waals surface area contributed by atoms with Crippen LogP contribution in [0.25, 0.3) is 22.3 Å². The van der Waals surface area contributed by atoms with Gasteiger partial charge in [-0.1, -0.05) is 0 Å². The summed E-state index contributed by atoms with van der Waals surface area (Å²) in [6.45, 7) is 0. The van der Waals surface area contributed by atoms with Crippen molar-refractivity contribution < 1.29 is 6.11 Å². The fourth-order valence-electron chi connectivity index (χ4n) is 4.08. The van der Waals surface area contributed by atoms with Gasteiger partial charge in [0.2, 0.25) is 0 Å². The van der Waals surface area contributed by atoms with Crippen molar-refractivity contribution >= 4 is 31.7 Å². The Kier molecular flexibility index (Phi) is 4.73. The van der Waals surface area contributed by atoms with Crippen LogP contribution in [-0.4, -0.2) is 31.7 Å². The molecule has 152 valence electrons. The maximum absolute atomic E-state index is 8.54. The summed E-state index contributed by atoms with van der Waals surface area (Å²) >= 11 is -2.66. The van der Waals surface area contributed by atoms with Crippen molar-refractivity contribution in [2.24, 2.45) is 0 Å². The topological polar surface area (TPSA) is 35.0 Å². The molecule has 0 radical (unpaired) electrons. The first-order valence-corrected chi connectivity index (χ1v) is 15.6. The van der Waals surface area contributed by atoms with Crippen LogP contribution in [-0.2, 0) is 0 Å². The summed E-state index contributed by atoms with van der Waals surface area (Å²) in [5, 5.41) is 0. The van der Waals surface area contributed by atoms with Gasteiger partial charge >= 0.3 is 197 Å². The summed E-state index contributed by atoms with van der Waals surface area (Å²) in [4.78, 5) is 8.96. The zero-order chi connectivity index (χ0) is 22.2. The molecule has 1 aliphatic rings. The molecule has 4 heteroatoms. The predicted octanol–water partition coefficient (Wildman–Crippen LogP) is 4.43. The van der Waals surface area contributed by atoms with Gasteiger partial charge in [-0.25, -0.2) is 0 Å². The summed E-state index contributed by atoms with van der Waals surface area (Å²) in [5.74, 6) is 1.33. The normalized spacial score (nSPS) is 12.7. The number of ether oxygens (including phenoxy) is 1. The van der Waals surface area contributed by atoms with Gasteiger partial charge in [0.05, 0.1) is 0 Å². The summed E-state index contributed by atoms with van der Waals surface area (Å²) < 4.78 is 18.3. The van der Waals surface area contributed by atoms with Crippen molar-refractivity contribution in [1.29, 1.82) is 0 Å². The molecule has 0 unspecified atom stereocenters. The molecule has 0 saturated carbocycles. The standard InChI is InChI=1S/C23H15NO.C5H4N.Bi/c1-2-7-18(8-3-1)19-12-14-20(15-13-19)21-9-6-10-22(17-21)25-23-11-4-5-16-24-23;1-2-4-6-5-3-1;/h1-7,9-12,14-17H;1-4H;/i;3D;. The Bertz CT molecular complexity index is 1470. The summed E-state index contributed by atoms with van der Waals surface area (Å²) in [6.07, 6.45) is 3.55. The van der Waals surface area contributed by atoms with Crippen LogP contribution < -0.4 is 14.7 Å². The zero-order valence-corrected chi connectivity index (χ0v) is 20.6. The van der Waals surface area contributed by atoms with Crippen molar-refractivity contribution in [2.75, 3.05) is 0 Å². The number of benzene rings is 3. The van der Waals surface area contributed by atoms with Crippen LogP contribution in [0.1, 0.15) is 1.37 Å². The number of pyridine rings is 2. The molecular formula is C28H19BiN2O. The molecule has 32 heavy (non-hydrogen) atoms. The SMILES string of the molecule is [2H]c1cccn[c]1[Bi]1[c]2ccccc2-c2ccc(-c3cccc(Oc4ccccn4)c3)c[c]21. The first-order chi connectivity index (χ1) is 16.3.